The molecule has 0 saturated carbocycles. The molecule has 9 heteroatoms. The summed E-state index contributed by atoms with van der Waals surface area (Å²) in [5, 5.41) is 4.55. The van der Waals surface area contributed by atoms with Gasteiger partial charge in [-0.05, 0) is 18.2 Å². The molecule has 2 aromatic carbocycles. The van der Waals surface area contributed by atoms with E-state index < -0.39 is 24.5 Å². The van der Waals surface area contributed by atoms with E-state index in [4.69, 9.17) is 30.5 Å². The van der Waals surface area contributed by atoms with Gasteiger partial charge in [-0.1, -0.05) is 23.7 Å². The summed E-state index contributed by atoms with van der Waals surface area (Å²) in [5.74, 6) is 1.56. The Hall–Kier alpha value is -2.68. The first kappa shape index (κ1) is 19.3. The highest BCUT2D eigenvalue weighted by Crippen LogP contribution is 2.38. The van der Waals surface area contributed by atoms with Crippen LogP contribution >= 0.6 is 11.6 Å². The van der Waals surface area contributed by atoms with E-state index in [1.807, 2.05) is 18.2 Å². The molecule has 0 amide bonds. The van der Waals surface area contributed by atoms with Gasteiger partial charge in [0.2, 0.25) is 0 Å². The van der Waals surface area contributed by atoms with Gasteiger partial charge in [0.15, 0.2) is 23.8 Å². The number of nitrogens with one attached hydrogen (secondary N) is 1. The topological polar surface area (TPSA) is 74.7 Å². The van der Waals surface area contributed by atoms with E-state index in [2.05, 4.69) is 15.3 Å². The highest BCUT2D eigenvalue weighted by atomic mass is 35.5. The third-order valence-corrected chi connectivity index (χ3v) is 5.60. The molecule has 2 aliphatic rings. The molecule has 2 fully saturated rings. The van der Waals surface area contributed by atoms with Crippen LogP contribution in [0.3, 0.4) is 0 Å². The highest BCUT2D eigenvalue weighted by Gasteiger charge is 2.49. The minimum Gasteiger partial charge on any atom is -0.493 e. The number of ether oxygens (including phenoxy) is 4. The van der Waals surface area contributed by atoms with Crippen LogP contribution in [-0.4, -0.2) is 54.8 Å². The number of halogens is 2. The Morgan fingerprint density at radius 1 is 1.10 bits per heavy atom. The largest absolute Gasteiger partial charge is 0.493 e. The Labute approximate surface area is 177 Å². The summed E-state index contributed by atoms with van der Waals surface area (Å²) in [7, 11) is 1.55. The van der Waals surface area contributed by atoms with Gasteiger partial charge in [0.05, 0.1) is 36.6 Å². The molecule has 2 saturated heterocycles. The first-order valence-corrected chi connectivity index (χ1v) is 9.90. The van der Waals surface area contributed by atoms with Crippen molar-refractivity contribution >= 4 is 34.0 Å². The summed E-state index contributed by atoms with van der Waals surface area (Å²) < 4.78 is 36.5. The van der Waals surface area contributed by atoms with Gasteiger partial charge in [-0.2, -0.15) is 0 Å². The number of nitrogens with zero attached hydrogens (tertiary/aromatic N) is 2. The fourth-order valence-electron chi connectivity index (χ4n) is 3.79. The Morgan fingerprint density at radius 2 is 1.93 bits per heavy atom. The number of hydrogen-bond acceptors (Lipinski definition) is 7. The Balaban J connectivity index is 1.47. The van der Waals surface area contributed by atoms with E-state index in [-0.39, 0.29) is 13.2 Å². The van der Waals surface area contributed by atoms with Gasteiger partial charge < -0.3 is 24.3 Å². The maximum absolute atomic E-state index is 13.8. The molecule has 7 nitrogen and oxygen atoms in total. The van der Waals surface area contributed by atoms with Crippen LogP contribution in [-0.2, 0) is 9.47 Å². The third-order valence-electron chi connectivity index (χ3n) is 5.27. The fourth-order valence-corrected chi connectivity index (χ4v) is 3.97. The van der Waals surface area contributed by atoms with Crippen molar-refractivity contribution in [2.75, 3.05) is 25.6 Å². The minimum absolute atomic E-state index is 0.0222. The Morgan fingerprint density at radius 3 is 2.77 bits per heavy atom. The van der Waals surface area contributed by atoms with Gasteiger partial charge in [-0.3, -0.25) is 0 Å². The first-order valence-electron chi connectivity index (χ1n) is 9.52. The number of rotatable bonds is 5. The standard InChI is InChI=1S/C21H19ClFN3O4/c1-27-16-6-11-15(24-10-25-21(11)26-14-5-3-2-4-12(14)22)7-17(16)30-18-9-29-19-13(23)8-28-20(18)19/h2-7,10,13,18-20H,8-9H2,1H3,(H,24,25,26)/t13-,18?,19+,20+/m1/s1. The number of aromatic nitrogens is 2. The van der Waals surface area contributed by atoms with Crippen LogP contribution in [0, 0.1) is 0 Å². The van der Waals surface area contributed by atoms with Crippen LogP contribution in [0.5, 0.6) is 11.5 Å². The minimum atomic E-state index is -1.13. The molecular formula is C21H19ClFN3O4. The van der Waals surface area contributed by atoms with Crippen molar-refractivity contribution in [2.45, 2.75) is 24.5 Å². The fraction of sp³-hybridized carbons (Fsp3) is 0.333. The second-order valence-electron chi connectivity index (χ2n) is 7.12. The molecule has 1 unspecified atom stereocenters. The SMILES string of the molecule is COc1cc2c(Nc3ccccc3Cl)ncnc2cc1OC1CO[C@H]2[C@H](F)CO[C@@H]12. The van der Waals surface area contributed by atoms with Crippen molar-refractivity contribution in [3.8, 4) is 11.5 Å². The summed E-state index contributed by atoms with van der Waals surface area (Å²) in [4.78, 5) is 8.70. The quantitative estimate of drug-likeness (QED) is 0.656. The average Bonchev–Trinajstić information content (AvgIpc) is 3.32. The molecule has 5 rings (SSSR count). The van der Waals surface area contributed by atoms with Crippen molar-refractivity contribution in [2.24, 2.45) is 0 Å². The van der Waals surface area contributed by atoms with Crippen LogP contribution in [0.1, 0.15) is 0 Å². The zero-order valence-corrected chi connectivity index (χ0v) is 16.8. The van der Waals surface area contributed by atoms with Gasteiger partial charge in [0, 0.05) is 11.5 Å². The molecule has 30 heavy (non-hydrogen) atoms. The van der Waals surface area contributed by atoms with E-state index in [0.29, 0.717) is 27.9 Å². The molecule has 1 N–H and O–H groups in total. The van der Waals surface area contributed by atoms with Crippen LogP contribution in [0.4, 0.5) is 15.9 Å². The van der Waals surface area contributed by atoms with Crippen LogP contribution in [0.15, 0.2) is 42.7 Å². The summed E-state index contributed by atoms with van der Waals surface area (Å²) in [6.07, 6.45) is -1.13. The average molecular weight is 432 g/mol. The lowest BCUT2D eigenvalue weighted by atomic mass is 10.1. The summed E-state index contributed by atoms with van der Waals surface area (Å²) in [5.41, 5.74) is 1.38. The first-order chi connectivity index (χ1) is 14.6. The lowest BCUT2D eigenvalue weighted by Crippen LogP contribution is -2.33. The van der Waals surface area contributed by atoms with Gasteiger partial charge in [-0.25, -0.2) is 14.4 Å². The van der Waals surface area contributed by atoms with E-state index in [1.54, 1.807) is 25.3 Å². The second kappa shape index (κ2) is 7.86. The number of benzene rings is 2. The summed E-state index contributed by atoms with van der Waals surface area (Å²) >= 11 is 6.26. The van der Waals surface area contributed by atoms with Gasteiger partial charge >= 0.3 is 0 Å². The number of hydrogen-bond donors (Lipinski definition) is 1. The molecule has 0 radical (unpaired) electrons. The summed E-state index contributed by atoms with van der Waals surface area (Å²) in [6.45, 7) is 0.272. The van der Waals surface area contributed by atoms with Gasteiger partial charge in [-0.15, -0.1) is 0 Å². The molecule has 4 atom stereocenters. The summed E-state index contributed by atoms with van der Waals surface area (Å²) in [6, 6.07) is 11.0. The maximum atomic E-state index is 13.8. The number of anilines is 2. The highest BCUT2D eigenvalue weighted by molar-refractivity contribution is 6.33. The molecule has 0 bridgehead atoms. The van der Waals surface area contributed by atoms with Crippen molar-refractivity contribution in [3.05, 3.63) is 47.7 Å². The molecule has 1 aromatic heterocycles. The lowest BCUT2D eigenvalue weighted by Gasteiger charge is -2.20. The van der Waals surface area contributed by atoms with Gasteiger partial charge in [0.25, 0.3) is 0 Å². The van der Waals surface area contributed by atoms with E-state index >= 15 is 0 Å². The molecule has 0 spiro atoms. The van der Waals surface area contributed by atoms with Crippen molar-refractivity contribution in [3.63, 3.8) is 0 Å². The van der Waals surface area contributed by atoms with Crippen LogP contribution in [0.2, 0.25) is 5.02 Å². The van der Waals surface area contributed by atoms with E-state index in [1.165, 1.54) is 6.33 Å². The van der Waals surface area contributed by atoms with Crippen molar-refractivity contribution < 1.29 is 23.3 Å². The molecule has 3 aromatic rings. The van der Waals surface area contributed by atoms with Crippen LogP contribution in [0.25, 0.3) is 10.9 Å². The lowest BCUT2D eigenvalue weighted by molar-refractivity contribution is 0.0271. The van der Waals surface area contributed by atoms with E-state index in [0.717, 1.165) is 11.1 Å². The zero-order chi connectivity index (χ0) is 20.7. The Bertz CT molecular complexity index is 1090. The predicted molar refractivity (Wildman–Crippen MR) is 110 cm³/mol. The number of fused-ring (bicyclic) bond motifs is 2. The molecule has 2 aliphatic heterocycles. The third kappa shape index (κ3) is 3.40. The molecule has 0 aliphatic carbocycles. The van der Waals surface area contributed by atoms with Crippen molar-refractivity contribution in [1.82, 2.24) is 9.97 Å². The molecular weight excluding hydrogens is 413 g/mol. The number of alkyl halides is 1. The van der Waals surface area contributed by atoms with Crippen molar-refractivity contribution in [1.29, 1.82) is 0 Å². The molecule has 156 valence electrons. The normalized spacial score (nSPS) is 25.3. The smallest absolute Gasteiger partial charge is 0.164 e. The Kier molecular flexibility index (Phi) is 5.06. The number of methoxy groups -OCH3 is 1. The van der Waals surface area contributed by atoms with E-state index in [9.17, 15) is 4.39 Å². The zero-order valence-electron chi connectivity index (χ0n) is 16.0. The monoisotopic (exact) mass is 431 g/mol. The van der Waals surface area contributed by atoms with Crippen LogP contribution < -0.4 is 14.8 Å². The number of para-hydroxylation sites is 1. The molecule has 3 heterocycles. The van der Waals surface area contributed by atoms with Gasteiger partial charge in [0.1, 0.15) is 24.4 Å². The second-order valence-corrected chi connectivity index (χ2v) is 7.52. The maximum Gasteiger partial charge on any atom is 0.164 e. The predicted octanol–water partition coefficient (Wildman–Crippen LogP) is 3.92.